The number of aromatic nitrogens is 1. The summed E-state index contributed by atoms with van der Waals surface area (Å²) in [6, 6.07) is 22.6. The molecule has 4 heterocycles. The van der Waals surface area contributed by atoms with Gasteiger partial charge in [-0.05, 0) is 35.6 Å². The van der Waals surface area contributed by atoms with Crippen LogP contribution in [0.5, 0.6) is 0 Å². The number of thiazole rings is 1. The van der Waals surface area contributed by atoms with Crippen LogP contribution >= 0.6 is 11.3 Å². The summed E-state index contributed by atoms with van der Waals surface area (Å²) in [5.41, 5.74) is 5.81. The van der Waals surface area contributed by atoms with Gasteiger partial charge in [-0.25, -0.2) is 4.99 Å². The van der Waals surface area contributed by atoms with Gasteiger partial charge in [-0.2, -0.15) is 0 Å². The molecule has 0 saturated carbocycles. The van der Waals surface area contributed by atoms with Gasteiger partial charge < -0.3 is 14.1 Å². The third kappa shape index (κ3) is 3.58. The van der Waals surface area contributed by atoms with Crippen LogP contribution < -0.4 is 19.8 Å². The smallest absolute Gasteiger partial charge is 0.271 e. The molecular weight excluding hydrogens is 470 g/mol. The third-order valence-corrected chi connectivity index (χ3v) is 8.18. The van der Waals surface area contributed by atoms with E-state index in [2.05, 4.69) is 41.3 Å². The van der Waals surface area contributed by atoms with Crippen LogP contribution in [0.3, 0.4) is 0 Å². The Balaban J connectivity index is 1.38. The van der Waals surface area contributed by atoms with Crippen LogP contribution in [0, 0.1) is 0 Å². The van der Waals surface area contributed by atoms with E-state index in [1.54, 1.807) is 0 Å². The van der Waals surface area contributed by atoms with Crippen molar-refractivity contribution in [3.05, 3.63) is 114 Å². The average Bonchev–Trinajstić information content (AvgIpc) is 3.53. The number of furan rings is 1. The molecule has 1 atom stereocenters. The highest BCUT2D eigenvalue weighted by molar-refractivity contribution is 7.07. The summed E-state index contributed by atoms with van der Waals surface area (Å²) >= 11 is 1.43. The molecule has 2 aliphatic heterocycles. The lowest BCUT2D eigenvalue weighted by atomic mass is 9.83. The minimum atomic E-state index is -0.159. The van der Waals surface area contributed by atoms with E-state index >= 15 is 0 Å². The fourth-order valence-electron chi connectivity index (χ4n) is 5.46. The number of anilines is 1. The molecule has 0 bridgehead atoms. The van der Waals surface area contributed by atoms with Gasteiger partial charge in [0.25, 0.3) is 5.56 Å². The molecule has 2 aromatic carbocycles. The van der Waals surface area contributed by atoms with Crippen molar-refractivity contribution in [1.29, 1.82) is 0 Å². The molecular formula is C29H25N3O3S. The molecule has 0 N–H and O–H groups in total. The minimum absolute atomic E-state index is 0.0256. The predicted octanol–water partition coefficient (Wildman–Crippen LogP) is 3.75. The van der Waals surface area contributed by atoms with E-state index < -0.39 is 0 Å². The molecule has 1 fully saturated rings. The fourth-order valence-corrected chi connectivity index (χ4v) is 6.44. The Labute approximate surface area is 212 Å². The Kier molecular flexibility index (Phi) is 5.26. The highest BCUT2D eigenvalue weighted by Crippen LogP contribution is 2.41. The normalized spacial score (nSPS) is 19.5. The molecule has 1 aliphatic carbocycles. The molecule has 36 heavy (non-hydrogen) atoms. The van der Waals surface area contributed by atoms with Crippen molar-refractivity contribution in [3.8, 4) is 0 Å². The van der Waals surface area contributed by atoms with E-state index in [1.807, 2.05) is 41.0 Å². The highest BCUT2D eigenvalue weighted by atomic mass is 32.1. The van der Waals surface area contributed by atoms with Crippen LogP contribution in [0.4, 0.5) is 5.88 Å². The standard InChI is InChI=1S/C29H25N3O3S/c33-28-24(18-21-11-13-25(35-21)31-14-16-34-17-15-31)36-29-30-26-22-9-5-4-6-19(22)10-12-23(26)27(32(28)29)20-7-2-1-3-8-20/h1-9,11,13,18,27H,10,12,14-17H2. The summed E-state index contributed by atoms with van der Waals surface area (Å²) in [5.74, 6) is 1.48. The van der Waals surface area contributed by atoms with Gasteiger partial charge in [-0.1, -0.05) is 65.9 Å². The van der Waals surface area contributed by atoms with Gasteiger partial charge in [-0.3, -0.25) is 9.36 Å². The summed E-state index contributed by atoms with van der Waals surface area (Å²) in [6.07, 6.45) is 3.70. The molecule has 0 spiro atoms. The second-order valence-electron chi connectivity index (χ2n) is 9.30. The topological polar surface area (TPSA) is 60.0 Å². The molecule has 6 nitrogen and oxygen atoms in total. The van der Waals surface area contributed by atoms with Crippen molar-refractivity contribution in [3.63, 3.8) is 0 Å². The van der Waals surface area contributed by atoms with Crippen molar-refractivity contribution in [1.82, 2.24) is 4.57 Å². The first-order valence-corrected chi connectivity index (χ1v) is 13.2. The van der Waals surface area contributed by atoms with Crippen LogP contribution in [-0.4, -0.2) is 30.9 Å². The Morgan fingerprint density at radius 3 is 2.61 bits per heavy atom. The van der Waals surface area contributed by atoms with Gasteiger partial charge in [0.1, 0.15) is 5.76 Å². The minimum Gasteiger partial charge on any atom is -0.441 e. The van der Waals surface area contributed by atoms with Crippen molar-refractivity contribution in [2.45, 2.75) is 18.9 Å². The Morgan fingerprint density at radius 1 is 0.944 bits per heavy atom. The third-order valence-electron chi connectivity index (χ3n) is 7.20. The number of ether oxygens (including phenoxy) is 1. The van der Waals surface area contributed by atoms with Crippen LogP contribution in [-0.2, 0) is 11.2 Å². The first kappa shape index (κ1) is 21.6. The summed E-state index contributed by atoms with van der Waals surface area (Å²) in [7, 11) is 0. The first-order chi connectivity index (χ1) is 17.8. The molecule has 7 rings (SSSR count). The zero-order valence-electron chi connectivity index (χ0n) is 19.7. The zero-order valence-corrected chi connectivity index (χ0v) is 20.5. The van der Waals surface area contributed by atoms with E-state index in [9.17, 15) is 4.79 Å². The van der Waals surface area contributed by atoms with Gasteiger partial charge >= 0.3 is 0 Å². The number of aryl methyl sites for hydroxylation is 1. The van der Waals surface area contributed by atoms with Crippen molar-refractivity contribution >= 4 is 29.0 Å². The highest BCUT2D eigenvalue weighted by Gasteiger charge is 2.32. The van der Waals surface area contributed by atoms with E-state index in [0.717, 1.165) is 47.9 Å². The molecule has 4 aromatic rings. The second-order valence-corrected chi connectivity index (χ2v) is 10.3. The molecule has 180 valence electrons. The maximum atomic E-state index is 13.8. The number of nitrogens with zero attached hydrogens (tertiary/aromatic N) is 3. The molecule has 0 radical (unpaired) electrons. The second kappa shape index (κ2) is 8.76. The van der Waals surface area contributed by atoms with Gasteiger partial charge in [0.05, 0.1) is 29.5 Å². The number of allylic oxidation sites excluding steroid dienone is 1. The van der Waals surface area contributed by atoms with Gasteiger partial charge in [-0.15, -0.1) is 0 Å². The van der Waals surface area contributed by atoms with Crippen LogP contribution in [0.1, 0.15) is 34.9 Å². The Hall–Kier alpha value is -3.68. The van der Waals surface area contributed by atoms with Crippen LogP contribution in [0.15, 0.2) is 86.5 Å². The number of hydrogen-bond donors (Lipinski definition) is 0. The van der Waals surface area contributed by atoms with E-state index in [0.29, 0.717) is 23.5 Å². The number of morpholine rings is 1. The Bertz CT molecular complexity index is 1660. The van der Waals surface area contributed by atoms with Crippen LogP contribution in [0.25, 0.3) is 11.8 Å². The van der Waals surface area contributed by atoms with Gasteiger partial charge in [0, 0.05) is 30.8 Å². The first-order valence-electron chi connectivity index (χ1n) is 12.4. The van der Waals surface area contributed by atoms with Crippen molar-refractivity contribution < 1.29 is 9.15 Å². The molecule has 0 amide bonds. The molecule has 2 aromatic heterocycles. The lowest BCUT2D eigenvalue weighted by Gasteiger charge is -2.30. The summed E-state index contributed by atoms with van der Waals surface area (Å²) in [6.45, 7) is 3.00. The fraction of sp³-hybridized carbons (Fsp3) is 0.241. The maximum Gasteiger partial charge on any atom is 0.271 e. The number of benzene rings is 2. The number of rotatable bonds is 3. The van der Waals surface area contributed by atoms with Gasteiger partial charge in [0.15, 0.2) is 10.7 Å². The number of fused-ring (bicyclic) bond motifs is 3. The largest absolute Gasteiger partial charge is 0.441 e. The quantitative estimate of drug-likeness (QED) is 0.435. The van der Waals surface area contributed by atoms with E-state index in [-0.39, 0.29) is 11.6 Å². The number of hydrogen-bond acceptors (Lipinski definition) is 6. The van der Waals surface area contributed by atoms with Gasteiger partial charge in [0.2, 0.25) is 0 Å². The molecule has 3 aliphatic rings. The summed E-state index contributed by atoms with van der Waals surface area (Å²) < 4.78 is 14.1. The van der Waals surface area contributed by atoms with Crippen molar-refractivity contribution in [2.24, 2.45) is 4.99 Å². The molecule has 1 saturated heterocycles. The lowest BCUT2D eigenvalue weighted by molar-refractivity contribution is 0.120. The Morgan fingerprint density at radius 2 is 1.75 bits per heavy atom. The lowest BCUT2D eigenvalue weighted by Crippen LogP contribution is -2.38. The molecule has 1 unspecified atom stereocenters. The van der Waals surface area contributed by atoms with Crippen LogP contribution in [0.2, 0.25) is 0 Å². The van der Waals surface area contributed by atoms with E-state index in [4.69, 9.17) is 14.1 Å². The monoisotopic (exact) mass is 495 g/mol. The average molecular weight is 496 g/mol. The molecule has 7 heteroatoms. The summed E-state index contributed by atoms with van der Waals surface area (Å²) in [4.78, 5) is 21.8. The zero-order chi connectivity index (χ0) is 24.1. The predicted molar refractivity (Wildman–Crippen MR) is 141 cm³/mol. The van der Waals surface area contributed by atoms with E-state index in [1.165, 1.54) is 28.0 Å². The summed E-state index contributed by atoms with van der Waals surface area (Å²) in [5, 5.41) is 0. The van der Waals surface area contributed by atoms with Crippen molar-refractivity contribution in [2.75, 3.05) is 31.2 Å². The maximum absolute atomic E-state index is 13.8. The SMILES string of the molecule is O=c1c(=Cc2ccc(N3CCOCC3)o2)sc2n1C(c1ccccc1)C1=C(N=2)c2ccccc2CC1.